The fraction of sp³-hybridized carbons (Fsp3) is 0. The zero-order valence-corrected chi connectivity index (χ0v) is 76.7. The minimum absolute atomic E-state index is 0.700. The molecule has 6 heterocycles. The normalized spacial score (nSPS) is 12.0. The molecule has 9 heteroatoms. The van der Waals surface area contributed by atoms with E-state index in [1.165, 1.54) is 169 Å². The highest BCUT2D eigenvalue weighted by Gasteiger charge is 2.31. The van der Waals surface area contributed by atoms with Gasteiger partial charge in [0.15, 0.2) is 5.82 Å². The first kappa shape index (κ1) is 79.8. The third-order valence-electron chi connectivity index (χ3n) is 29.0. The first-order chi connectivity index (χ1) is 69.9. The van der Waals surface area contributed by atoms with Crippen LogP contribution in [0.3, 0.4) is 0 Å². The maximum Gasteiger partial charge on any atom is 0.160 e. The quantitative estimate of drug-likeness (QED) is 0.157. The van der Waals surface area contributed by atoms with Gasteiger partial charge in [0.1, 0.15) is 11.2 Å². The lowest BCUT2D eigenvalue weighted by Crippen LogP contribution is -1.96. The van der Waals surface area contributed by atoms with Gasteiger partial charge in [0.05, 0.1) is 67.1 Å². The summed E-state index contributed by atoms with van der Waals surface area (Å²) in [4.78, 5) is 31.0. The third-order valence-corrected chi connectivity index (χ3v) is 30.1. The summed E-state index contributed by atoms with van der Waals surface area (Å²) >= 11 is 1.87. The molecule has 652 valence electrons. The Kier molecular flexibility index (Phi) is 18.1. The van der Waals surface area contributed by atoms with E-state index in [1.54, 1.807) is 0 Å². The van der Waals surface area contributed by atoms with Crippen molar-refractivity contribution in [3.05, 3.63) is 467 Å². The monoisotopic (exact) mass is 1810 g/mol. The molecule has 6 aromatic heterocycles. The first-order valence-corrected chi connectivity index (χ1v) is 48.8. The summed E-state index contributed by atoms with van der Waals surface area (Å²) in [5, 5.41) is 15.8. The Morgan fingerprint density at radius 3 is 1.00 bits per heavy atom. The molecular weight excluding hydrogens is 1730 g/mol. The molecule has 0 fully saturated rings. The van der Waals surface area contributed by atoms with Crippen LogP contribution in [0, 0.1) is 0 Å². The molecule has 0 unspecified atom stereocenters. The van der Waals surface area contributed by atoms with Crippen LogP contribution in [-0.4, -0.2) is 34.5 Å². The standard InChI is InChI=1S/C48H29N3.C42H24N2O.C42H24N2S/c1-3-14-30(15-4-1)47-48(50-42-25-12-11-24-41(42)49-47)31-26-27-43-40(28-31)46-38-23-13-22-37-35-20-9-7-18-33(35)34-19-8-10-21-36(34)39(45(37)38)29-44(46)51(43)32-16-5-2-6-17-32;1-2-11-25(12-3-1)41-32-17-8-9-20-36(32)43-42(44-41)26-21-22-37-35(23-26)40-33-19-10-18-31-29-15-6-4-13-27(29)28-14-5-7-16-30(28)34(39(31)33)24-38(40)45-37;1-2-11-25(12-3-1)41-42(44-36-20-9-8-19-35(36)43-41)26-21-22-37-34(23-26)40-32-18-10-17-31-29-15-6-4-13-27(29)28-14-5-7-16-30(28)33(39(31)32)24-38(40)45-37/h1-29H;2*1-24H. The maximum absolute atomic E-state index is 6.61. The smallest absolute Gasteiger partial charge is 0.160 e. The fourth-order valence-electron chi connectivity index (χ4n) is 22.8. The van der Waals surface area contributed by atoms with E-state index < -0.39 is 0 Å². The third kappa shape index (κ3) is 12.7. The summed E-state index contributed by atoms with van der Waals surface area (Å²) in [5.74, 6) is 0.700. The molecule has 0 N–H and O–H groups in total. The van der Waals surface area contributed by atoms with Gasteiger partial charge in [-0.2, -0.15) is 0 Å². The summed E-state index contributed by atoms with van der Waals surface area (Å²) < 4.78 is 11.6. The van der Waals surface area contributed by atoms with Gasteiger partial charge in [0.25, 0.3) is 0 Å². The second-order valence-corrected chi connectivity index (χ2v) is 37.8. The van der Waals surface area contributed by atoms with Crippen molar-refractivity contribution >= 4 is 141 Å². The minimum atomic E-state index is 0.700. The van der Waals surface area contributed by atoms with Gasteiger partial charge in [-0.05, 0) is 236 Å². The summed E-state index contributed by atoms with van der Waals surface area (Å²) in [7, 11) is 0. The Morgan fingerprint density at radius 1 is 0.170 bits per heavy atom. The van der Waals surface area contributed by atoms with Gasteiger partial charge < -0.3 is 8.98 Å². The Bertz CT molecular complexity index is 10100. The first-order valence-electron chi connectivity index (χ1n) is 47.9. The number of hydrogen-bond donors (Lipinski definition) is 0. The van der Waals surface area contributed by atoms with Crippen LogP contribution in [0.5, 0.6) is 0 Å². The van der Waals surface area contributed by atoms with Gasteiger partial charge in [0.2, 0.25) is 0 Å². The molecule has 28 aromatic rings. The zero-order chi connectivity index (χ0) is 92.4. The van der Waals surface area contributed by atoms with Gasteiger partial charge in [-0.15, -0.1) is 11.3 Å². The molecule has 3 aliphatic carbocycles. The van der Waals surface area contributed by atoms with E-state index in [9.17, 15) is 0 Å². The van der Waals surface area contributed by atoms with Crippen LogP contribution >= 0.6 is 11.3 Å². The number of fused-ring (bicyclic) bond motifs is 30. The van der Waals surface area contributed by atoms with E-state index >= 15 is 0 Å². The van der Waals surface area contributed by atoms with Crippen LogP contribution in [0.1, 0.15) is 0 Å². The average Bonchev–Trinajstić information content (AvgIpc) is 1.56. The summed E-state index contributed by atoms with van der Waals surface area (Å²) in [5.41, 5.74) is 43.2. The highest BCUT2D eigenvalue weighted by atomic mass is 32.1. The molecule has 0 saturated carbocycles. The summed E-state index contributed by atoms with van der Waals surface area (Å²) in [6.07, 6.45) is 0. The molecular formula is C132H77N7OS. The SMILES string of the molecule is c1ccc(-c2nc(-c3ccc4oc5cc6c7c(cccc7c5c4c3)-c3ccccc3-c3ccccc3-6)nc3ccccc23)cc1.c1ccc(-c2nc3ccccc3nc2-c2ccc3c(c2)c2c4cccc5c4c(cc2n3-c2ccccc2)-c2ccccc2-c2ccccc2-5)cc1.c1ccc(-c2nc3ccccc3nc2-c2ccc3sc4cc5c6c(cccc6c4c3c2)-c2ccccc2-c2ccccc2-5)cc1. The van der Waals surface area contributed by atoms with Crippen molar-refractivity contribution in [2.24, 2.45) is 0 Å². The lowest BCUT2D eigenvalue weighted by Gasteiger charge is -2.14. The van der Waals surface area contributed by atoms with E-state index in [1.807, 2.05) is 90.2 Å². The van der Waals surface area contributed by atoms with E-state index in [0.717, 1.165) is 128 Å². The molecule has 0 bridgehead atoms. The molecule has 0 spiro atoms. The Balaban J connectivity index is 0.000000102. The van der Waals surface area contributed by atoms with E-state index in [-0.39, 0.29) is 0 Å². The lowest BCUT2D eigenvalue weighted by molar-refractivity contribution is 0.669. The van der Waals surface area contributed by atoms with Crippen LogP contribution in [0.4, 0.5) is 0 Å². The van der Waals surface area contributed by atoms with Gasteiger partial charge in [0, 0.05) is 86.2 Å². The molecule has 22 aromatic carbocycles. The Morgan fingerprint density at radius 2 is 0.518 bits per heavy atom. The van der Waals surface area contributed by atoms with Crippen molar-refractivity contribution < 1.29 is 4.42 Å². The van der Waals surface area contributed by atoms with E-state index in [4.69, 9.17) is 34.3 Å². The van der Waals surface area contributed by atoms with Crippen LogP contribution in [0.2, 0.25) is 0 Å². The highest BCUT2D eigenvalue weighted by molar-refractivity contribution is 7.26. The Hall–Kier alpha value is -18.5. The van der Waals surface area contributed by atoms with Crippen molar-refractivity contribution in [2.45, 2.75) is 0 Å². The van der Waals surface area contributed by atoms with E-state index in [2.05, 4.69) is 393 Å². The molecule has 0 amide bonds. The number of para-hydroxylation sites is 6. The number of hydrogen-bond acceptors (Lipinski definition) is 8. The summed E-state index contributed by atoms with van der Waals surface area (Å²) in [6, 6.07) is 167. The number of nitrogens with zero attached hydrogens (tertiary/aromatic N) is 7. The zero-order valence-electron chi connectivity index (χ0n) is 75.9. The molecule has 8 nitrogen and oxygen atoms in total. The van der Waals surface area contributed by atoms with E-state index in [0.29, 0.717) is 5.82 Å². The predicted octanol–water partition coefficient (Wildman–Crippen LogP) is 35.7. The number of rotatable bonds is 7. The number of furan rings is 1. The predicted molar refractivity (Wildman–Crippen MR) is 588 cm³/mol. The lowest BCUT2D eigenvalue weighted by atomic mass is 9.91. The molecule has 0 atom stereocenters. The largest absolute Gasteiger partial charge is 0.456 e. The van der Waals surface area contributed by atoms with Crippen LogP contribution in [-0.2, 0) is 0 Å². The van der Waals surface area contributed by atoms with Gasteiger partial charge in [-0.3, -0.25) is 0 Å². The van der Waals surface area contributed by atoms with Crippen LogP contribution in [0.15, 0.2) is 472 Å². The average molecular weight is 1810 g/mol. The summed E-state index contributed by atoms with van der Waals surface area (Å²) in [6.45, 7) is 0. The van der Waals surface area contributed by atoms with Crippen molar-refractivity contribution in [3.8, 4) is 174 Å². The second-order valence-electron chi connectivity index (χ2n) is 36.7. The fourth-order valence-corrected chi connectivity index (χ4v) is 24.0. The number of aromatic nitrogens is 7. The van der Waals surface area contributed by atoms with Crippen molar-refractivity contribution in [1.82, 2.24) is 34.5 Å². The molecule has 0 saturated heterocycles. The van der Waals surface area contributed by atoms with Gasteiger partial charge in [-0.25, -0.2) is 29.9 Å². The van der Waals surface area contributed by atoms with Crippen molar-refractivity contribution in [1.29, 1.82) is 0 Å². The molecule has 3 aliphatic rings. The molecule has 141 heavy (non-hydrogen) atoms. The Labute approximate surface area is 814 Å². The van der Waals surface area contributed by atoms with Crippen molar-refractivity contribution in [3.63, 3.8) is 0 Å². The second kappa shape index (κ2) is 32.1. The number of benzene rings is 22. The molecule has 0 radical (unpaired) electrons. The number of thiophene rings is 1. The highest BCUT2D eigenvalue weighted by Crippen LogP contribution is 2.57. The topological polar surface area (TPSA) is 95.4 Å². The van der Waals surface area contributed by atoms with Gasteiger partial charge in [-0.1, -0.05) is 364 Å². The van der Waals surface area contributed by atoms with Crippen LogP contribution < -0.4 is 0 Å². The minimum Gasteiger partial charge on any atom is -0.456 e. The maximum atomic E-state index is 6.61. The van der Waals surface area contributed by atoms with Crippen molar-refractivity contribution in [2.75, 3.05) is 0 Å². The molecule has 31 rings (SSSR count). The van der Waals surface area contributed by atoms with Gasteiger partial charge >= 0.3 is 0 Å². The molecule has 0 aliphatic heterocycles. The van der Waals surface area contributed by atoms with Crippen LogP contribution in [0.25, 0.3) is 303 Å².